The zero-order valence-electron chi connectivity index (χ0n) is 9.44. The molecule has 84 valence electrons. The third-order valence-electron chi connectivity index (χ3n) is 2.52. The molecule has 0 saturated carbocycles. The molecule has 2 aromatic rings. The standard InChI is InChI=1S/C13H16N2S/c1-16-9-3-7-15-13-5-2-4-11-10-14-8-6-12(11)13/h2,4-6,8,10,15H,3,7,9H2,1H3. The lowest BCUT2D eigenvalue weighted by Crippen LogP contribution is -2.02. The first-order valence-electron chi connectivity index (χ1n) is 5.47. The lowest BCUT2D eigenvalue weighted by Gasteiger charge is -2.08. The fourth-order valence-electron chi connectivity index (χ4n) is 1.72. The molecule has 0 spiro atoms. The van der Waals surface area contributed by atoms with Gasteiger partial charge in [-0.05, 0) is 30.6 Å². The van der Waals surface area contributed by atoms with Gasteiger partial charge in [0.2, 0.25) is 0 Å². The molecule has 1 aromatic carbocycles. The monoisotopic (exact) mass is 232 g/mol. The molecule has 0 bridgehead atoms. The molecular weight excluding hydrogens is 216 g/mol. The summed E-state index contributed by atoms with van der Waals surface area (Å²) < 4.78 is 0. The molecule has 0 amide bonds. The van der Waals surface area contributed by atoms with E-state index in [1.54, 1.807) is 0 Å². The summed E-state index contributed by atoms with van der Waals surface area (Å²) in [6.45, 7) is 1.03. The molecule has 0 radical (unpaired) electrons. The fraction of sp³-hybridized carbons (Fsp3) is 0.308. The van der Waals surface area contributed by atoms with Crippen LogP contribution in [0.5, 0.6) is 0 Å². The number of fused-ring (bicyclic) bond motifs is 1. The van der Waals surface area contributed by atoms with Gasteiger partial charge in [0.25, 0.3) is 0 Å². The molecule has 0 aliphatic heterocycles. The summed E-state index contributed by atoms with van der Waals surface area (Å²) in [4.78, 5) is 4.13. The molecule has 0 unspecified atom stereocenters. The van der Waals surface area contributed by atoms with Gasteiger partial charge in [-0.3, -0.25) is 4.98 Å². The van der Waals surface area contributed by atoms with Crippen LogP contribution in [0.4, 0.5) is 5.69 Å². The second-order valence-corrected chi connectivity index (χ2v) is 4.66. The second kappa shape index (κ2) is 5.75. The lowest BCUT2D eigenvalue weighted by atomic mass is 10.1. The Morgan fingerprint density at radius 3 is 3.12 bits per heavy atom. The fourth-order valence-corrected chi connectivity index (χ4v) is 2.15. The van der Waals surface area contributed by atoms with E-state index >= 15 is 0 Å². The first kappa shape index (κ1) is 11.3. The lowest BCUT2D eigenvalue weighted by molar-refractivity contribution is 0.995. The van der Waals surface area contributed by atoms with E-state index in [-0.39, 0.29) is 0 Å². The molecule has 0 atom stereocenters. The number of pyridine rings is 1. The highest BCUT2D eigenvalue weighted by atomic mass is 32.2. The van der Waals surface area contributed by atoms with Crippen molar-refractivity contribution >= 4 is 28.2 Å². The highest BCUT2D eigenvalue weighted by Crippen LogP contribution is 2.21. The van der Waals surface area contributed by atoms with Crippen LogP contribution in [0.3, 0.4) is 0 Å². The van der Waals surface area contributed by atoms with E-state index in [1.165, 1.54) is 28.6 Å². The van der Waals surface area contributed by atoms with Crippen LogP contribution in [0.1, 0.15) is 6.42 Å². The number of rotatable bonds is 5. The summed E-state index contributed by atoms with van der Waals surface area (Å²) in [6.07, 6.45) is 7.09. The van der Waals surface area contributed by atoms with Gasteiger partial charge in [-0.1, -0.05) is 12.1 Å². The van der Waals surface area contributed by atoms with Crippen LogP contribution in [0.25, 0.3) is 10.8 Å². The average Bonchev–Trinajstić information content (AvgIpc) is 2.35. The van der Waals surface area contributed by atoms with E-state index in [0.717, 1.165) is 6.54 Å². The number of benzene rings is 1. The van der Waals surface area contributed by atoms with Crippen LogP contribution in [-0.4, -0.2) is 23.5 Å². The third-order valence-corrected chi connectivity index (χ3v) is 3.22. The summed E-state index contributed by atoms with van der Waals surface area (Å²) in [5.74, 6) is 1.21. The molecule has 1 aromatic heterocycles. The van der Waals surface area contributed by atoms with Gasteiger partial charge in [0.1, 0.15) is 0 Å². The largest absolute Gasteiger partial charge is 0.385 e. The minimum Gasteiger partial charge on any atom is -0.385 e. The minimum atomic E-state index is 1.03. The van der Waals surface area contributed by atoms with Gasteiger partial charge in [-0.15, -0.1) is 0 Å². The third kappa shape index (κ3) is 2.67. The number of hydrogen-bond acceptors (Lipinski definition) is 3. The number of aromatic nitrogens is 1. The molecule has 16 heavy (non-hydrogen) atoms. The summed E-state index contributed by atoms with van der Waals surface area (Å²) in [7, 11) is 0. The van der Waals surface area contributed by atoms with Crippen LogP contribution >= 0.6 is 11.8 Å². The van der Waals surface area contributed by atoms with Crippen LogP contribution in [0.2, 0.25) is 0 Å². The molecule has 2 rings (SSSR count). The van der Waals surface area contributed by atoms with Crippen molar-refractivity contribution in [3.63, 3.8) is 0 Å². The molecule has 1 N–H and O–H groups in total. The Morgan fingerprint density at radius 1 is 1.31 bits per heavy atom. The van der Waals surface area contributed by atoms with Gasteiger partial charge >= 0.3 is 0 Å². The molecular formula is C13H16N2S. The Labute approximate surface area is 100 Å². The average molecular weight is 232 g/mol. The number of hydrogen-bond donors (Lipinski definition) is 1. The minimum absolute atomic E-state index is 1.03. The first-order chi connectivity index (χ1) is 7.92. The predicted molar refractivity (Wildman–Crippen MR) is 73.2 cm³/mol. The Kier molecular flexibility index (Phi) is 4.05. The topological polar surface area (TPSA) is 24.9 Å². The molecule has 0 aliphatic carbocycles. The van der Waals surface area contributed by atoms with Crippen molar-refractivity contribution in [2.24, 2.45) is 0 Å². The highest BCUT2D eigenvalue weighted by molar-refractivity contribution is 7.98. The van der Waals surface area contributed by atoms with E-state index < -0.39 is 0 Å². The van der Waals surface area contributed by atoms with Crippen molar-refractivity contribution < 1.29 is 0 Å². The van der Waals surface area contributed by atoms with Crippen LogP contribution in [0, 0.1) is 0 Å². The molecule has 0 saturated heterocycles. The normalized spacial score (nSPS) is 10.6. The molecule has 0 fully saturated rings. The quantitative estimate of drug-likeness (QED) is 0.800. The summed E-state index contributed by atoms with van der Waals surface area (Å²) in [5, 5.41) is 5.92. The summed E-state index contributed by atoms with van der Waals surface area (Å²) in [5.41, 5.74) is 1.21. The van der Waals surface area contributed by atoms with Gasteiger partial charge < -0.3 is 5.32 Å². The van der Waals surface area contributed by atoms with Gasteiger partial charge in [0.15, 0.2) is 0 Å². The number of thioether (sulfide) groups is 1. The van der Waals surface area contributed by atoms with Crippen molar-refractivity contribution in [3.8, 4) is 0 Å². The summed E-state index contributed by atoms with van der Waals surface area (Å²) in [6, 6.07) is 8.35. The Bertz CT molecular complexity index is 451. The van der Waals surface area contributed by atoms with Gasteiger partial charge in [0, 0.05) is 35.4 Å². The van der Waals surface area contributed by atoms with Gasteiger partial charge in [-0.25, -0.2) is 0 Å². The van der Waals surface area contributed by atoms with Crippen LogP contribution in [-0.2, 0) is 0 Å². The number of nitrogens with zero attached hydrogens (tertiary/aromatic N) is 1. The van der Waals surface area contributed by atoms with Crippen molar-refractivity contribution in [3.05, 3.63) is 36.7 Å². The van der Waals surface area contributed by atoms with Crippen molar-refractivity contribution in [2.75, 3.05) is 23.9 Å². The molecule has 1 heterocycles. The van der Waals surface area contributed by atoms with E-state index in [4.69, 9.17) is 0 Å². The zero-order chi connectivity index (χ0) is 11.2. The first-order valence-corrected chi connectivity index (χ1v) is 6.87. The van der Waals surface area contributed by atoms with Crippen LogP contribution in [0.15, 0.2) is 36.7 Å². The maximum absolute atomic E-state index is 4.13. The number of nitrogens with one attached hydrogen (secondary N) is 1. The number of anilines is 1. The Morgan fingerprint density at radius 2 is 2.25 bits per heavy atom. The Balaban J connectivity index is 2.11. The molecule has 0 aliphatic rings. The molecule has 2 nitrogen and oxygen atoms in total. The zero-order valence-corrected chi connectivity index (χ0v) is 10.3. The maximum atomic E-state index is 4.13. The smallest absolute Gasteiger partial charge is 0.0420 e. The second-order valence-electron chi connectivity index (χ2n) is 3.68. The molecule has 3 heteroatoms. The SMILES string of the molecule is CSCCCNc1cccc2cnccc12. The highest BCUT2D eigenvalue weighted by Gasteiger charge is 1.98. The van der Waals surface area contributed by atoms with E-state index in [0.29, 0.717) is 0 Å². The van der Waals surface area contributed by atoms with Gasteiger partial charge in [-0.2, -0.15) is 11.8 Å². The van der Waals surface area contributed by atoms with E-state index in [1.807, 2.05) is 24.2 Å². The predicted octanol–water partition coefficient (Wildman–Crippen LogP) is 3.40. The van der Waals surface area contributed by atoms with E-state index in [2.05, 4.69) is 40.8 Å². The van der Waals surface area contributed by atoms with Crippen molar-refractivity contribution in [1.29, 1.82) is 0 Å². The summed E-state index contributed by atoms with van der Waals surface area (Å²) >= 11 is 1.89. The van der Waals surface area contributed by atoms with Crippen LogP contribution < -0.4 is 5.32 Å². The van der Waals surface area contributed by atoms with Crippen molar-refractivity contribution in [2.45, 2.75) is 6.42 Å². The van der Waals surface area contributed by atoms with Gasteiger partial charge in [0.05, 0.1) is 0 Å². The maximum Gasteiger partial charge on any atom is 0.0420 e. The van der Waals surface area contributed by atoms with E-state index in [9.17, 15) is 0 Å². The van der Waals surface area contributed by atoms with Crippen molar-refractivity contribution in [1.82, 2.24) is 4.98 Å². The Hall–Kier alpha value is -1.22.